The van der Waals surface area contributed by atoms with E-state index in [4.69, 9.17) is 4.74 Å². The first-order valence-corrected chi connectivity index (χ1v) is 9.57. The minimum Gasteiger partial charge on any atom is -0.382 e. The summed E-state index contributed by atoms with van der Waals surface area (Å²) in [5.41, 5.74) is 2.54. The second-order valence-corrected chi connectivity index (χ2v) is 7.72. The minimum atomic E-state index is -1.01. The second-order valence-electron chi connectivity index (χ2n) is 7.72. The lowest BCUT2D eigenvalue weighted by Crippen LogP contribution is -2.21. The van der Waals surface area contributed by atoms with Gasteiger partial charge in [0.1, 0.15) is 11.8 Å². The molecule has 0 radical (unpaired) electrons. The van der Waals surface area contributed by atoms with Crippen LogP contribution in [0.2, 0.25) is 0 Å². The van der Waals surface area contributed by atoms with Gasteiger partial charge in [-0.2, -0.15) is 0 Å². The average molecular weight is 380 g/mol. The van der Waals surface area contributed by atoms with Crippen LogP contribution in [0.4, 0.5) is 0 Å². The van der Waals surface area contributed by atoms with Crippen molar-refractivity contribution in [1.82, 2.24) is 10.3 Å². The summed E-state index contributed by atoms with van der Waals surface area (Å²) in [5, 5.41) is 13.3. The van der Waals surface area contributed by atoms with Gasteiger partial charge in [-0.15, -0.1) is 0 Å². The predicted octanol–water partition coefficient (Wildman–Crippen LogP) is 2.30. The fraction of sp³-hybridized carbons (Fsp3) is 0.409. The lowest BCUT2D eigenvalue weighted by atomic mass is 9.99. The number of pyridine rings is 1. The Labute approximate surface area is 163 Å². The van der Waals surface area contributed by atoms with Crippen LogP contribution in [0.25, 0.3) is 0 Å². The van der Waals surface area contributed by atoms with E-state index in [1.54, 1.807) is 12.1 Å². The largest absolute Gasteiger partial charge is 0.382 e. The van der Waals surface area contributed by atoms with Crippen LogP contribution in [0.1, 0.15) is 50.2 Å². The number of aliphatic hydroxyl groups excluding tert-OH is 1. The Hall–Kier alpha value is -2.57. The molecule has 1 saturated carbocycles. The van der Waals surface area contributed by atoms with Crippen molar-refractivity contribution in [3.63, 3.8) is 0 Å². The number of fused-ring (bicyclic) bond motifs is 1. The molecule has 6 heteroatoms. The zero-order valence-corrected chi connectivity index (χ0v) is 16.0. The molecule has 0 bridgehead atoms. The Bertz CT molecular complexity index is 917. The summed E-state index contributed by atoms with van der Waals surface area (Å²) in [6, 6.07) is 10.6. The van der Waals surface area contributed by atoms with Gasteiger partial charge in [0, 0.05) is 19.0 Å². The van der Waals surface area contributed by atoms with Crippen LogP contribution in [0.15, 0.2) is 36.4 Å². The molecule has 1 aromatic heterocycles. The number of hydrogen-bond donors (Lipinski definition) is 2. The number of nitrogens with zero attached hydrogens (tertiary/aromatic N) is 1. The van der Waals surface area contributed by atoms with Crippen LogP contribution in [-0.4, -0.2) is 42.0 Å². The first-order chi connectivity index (χ1) is 13.5. The van der Waals surface area contributed by atoms with Crippen LogP contribution >= 0.6 is 0 Å². The van der Waals surface area contributed by atoms with Crippen molar-refractivity contribution in [2.24, 2.45) is 17.8 Å². The quantitative estimate of drug-likeness (QED) is 0.751. The highest BCUT2D eigenvalue weighted by Gasteiger charge is 2.54. The first kappa shape index (κ1) is 18.8. The number of benzene rings is 1. The van der Waals surface area contributed by atoms with Crippen LogP contribution in [0.5, 0.6) is 0 Å². The number of carbonyl (C=O) groups excluding carboxylic acids is 2. The Kier molecular flexibility index (Phi) is 5.00. The van der Waals surface area contributed by atoms with E-state index in [0.717, 1.165) is 18.8 Å². The van der Waals surface area contributed by atoms with Crippen molar-refractivity contribution in [3.05, 3.63) is 64.5 Å². The molecule has 1 aromatic carbocycles. The highest BCUT2D eigenvalue weighted by Crippen LogP contribution is 2.52. The lowest BCUT2D eigenvalue weighted by molar-refractivity contribution is 0.0950. The summed E-state index contributed by atoms with van der Waals surface area (Å²) in [7, 11) is 1.51. The SMILES string of the molecule is CNC(=O)c1cc(C(=O)CC2[C@H]3COC[C@@H]23)cc([C@H](O)c2cccc(C)c2)n1. The van der Waals surface area contributed by atoms with Gasteiger partial charge in [0.25, 0.3) is 5.91 Å². The summed E-state index contributed by atoms with van der Waals surface area (Å²) in [6.07, 6.45) is -0.569. The summed E-state index contributed by atoms with van der Waals surface area (Å²) in [5.74, 6) is 0.930. The number of amides is 1. The number of nitrogens with one attached hydrogen (secondary N) is 1. The van der Waals surface area contributed by atoms with E-state index in [0.29, 0.717) is 41.0 Å². The summed E-state index contributed by atoms with van der Waals surface area (Å²) in [6.45, 7) is 3.41. The molecule has 4 rings (SSSR count). The van der Waals surface area contributed by atoms with E-state index < -0.39 is 6.10 Å². The molecule has 2 fully saturated rings. The highest BCUT2D eigenvalue weighted by atomic mass is 16.5. The molecule has 2 heterocycles. The first-order valence-electron chi connectivity index (χ1n) is 9.57. The molecule has 1 amide bonds. The van der Waals surface area contributed by atoms with E-state index in [-0.39, 0.29) is 17.4 Å². The van der Waals surface area contributed by atoms with Crippen LogP contribution in [0.3, 0.4) is 0 Å². The highest BCUT2D eigenvalue weighted by molar-refractivity contribution is 6.00. The standard InChI is InChI=1S/C22H24N2O4/c1-12-4-3-5-13(6-12)21(26)18-7-14(8-19(24-18)22(27)23-2)20(25)9-15-16-10-28-11-17(15)16/h3-8,15-17,21,26H,9-11H2,1-2H3,(H,23,27)/t15?,16-,17+,21-/m1/s1. The summed E-state index contributed by atoms with van der Waals surface area (Å²) >= 11 is 0. The van der Waals surface area contributed by atoms with Crippen LogP contribution in [0, 0.1) is 24.7 Å². The molecule has 2 aliphatic rings. The molecule has 1 aliphatic heterocycles. The topological polar surface area (TPSA) is 88.5 Å². The van der Waals surface area contributed by atoms with Crippen LogP contribution in [-0.2, 0) is 4.74 Å². The number of aryl methyl sites for hydroxylation is 1. The third-order valence-electron chi connectivity index (χ3n) is 5.82. The van der Waals surface area contributed by atoms with Gasteiger partial charge in [0.15, 0.2) is 5.78 Å². The molecular formula is C22H24N2O4. The van der Waals surface area contributed by atoms with Gasteiger partial charge in [0.2, 0.25) is 0 Å². The molecule has 2 N–H and O–H groups in total. The fourth-order valence-electron chi connectivity index (χ4n) is 4.10. The molecule has 2 aromatic rings. The maximum Gasteiger partial charge on any atom is 0.269 e. The molecular weight excluding hydrogens is 356 g/mol. The van der Waals surface area contributed by atoms with Gasteiger partial charge < -0.3 is 15.2 Å². The van der Waals surface area contributed by atoms with Gasteiger partial charge in [-0.1, -0.05) is 29.8 Å². The Balaban J connectivity index is 1.63. The summed E-state index contributed by atoms with van der Waals surface area (Å²) < 4.78 is 5.39. The van der Waals surface area contributed by atoms with Gasteiger partial charge in [-0.05, 0) is 42.4 Å². The van der Waals surface area contributed by atoms with Crippen molar-refractivity contribution >= 4 is 11.7 Å². The third-order valence-corrected chi connectivity index (χ3v) is 5.82. The van der Waals surface area contributed by atoms with Crippen molar-refractivity contribution in [3.8, 4) is 0 Å². The van der Waals surface area contributed by atoms with Crippen molar-refractivity contribution in [1.29, 1.82) is 0 Å². The zero-order chi connectivity index (χ0) is 19.8. The van der Waals surface area contributed by atoms with E-state index >= 15 is 0 Å². The van der Waals surface area contributed by atoms with E-state index in [2.05, 4.69) is 10.3 Å². The van der Waals surface area contributed by atoms with Crippen LogP contribution < -0.4 is 5.32 Å². The number of aliphatic hydroxyl groups is 1. The number of aromatic nitrogens is 1. The monoisotopic (exact) mass is 380 g/mol. The van der Waals surface area contributed by atoms with Gasteiger partial charge in [-0.25, -0.2) is 4.98 Å². The summed E-state index contributed by atoms with van der Waals surface area (Å²) in [4.78, 5) is 29.3. The Morgan fingerprint density at radius 1 is 1.25 bits per heavy atom. The molecule has 0 spiro atoms. The zero-order valence-electron chi connectivity index (χ0n) is 16.0. The fourth-order valence-corrected chi connectivity index (χ4v) is 4.10. The number of rotatable bonds is 6. The number of Topliss-reactive ketones (excluding diaryl/α,β-unsaturated/α-hetero) is 1. The lowest BCUT2D eigenvalue weighted by Gasteiger charge is -2.14. The minimum absolute atomic E-state index is 0.0235. The Morgan fingerprint density at radius 2 is 2.00 bits per heavy atom. The van der Waals surface area contributed by atoms with E-state index in [1.807, 2.05) is 25.1 Å². The third kappa shape index (κ3) is 3.57. The molecule has 28 heavy (non-hydrogen) atoms. The van der Waals surface area contributed by atoms with E-state index in [1.165, 1.54) is 13.1 Å². The maximum absolute atomic E-state index is 12.9. The second kappa shape index (κ2) is 7.45. The number of ether oxygens (including phenoxy) is 1. The average Bonchev–Trinajstić information content (AvgIpc) is 3.12. The Morgan fingerprint density at radius 3 is 2.68 bits per heavy atom. The van der Waals surface area contributed by atoms with Crippen molar-refractivity contribution in [2.75, 3.05) is 20.3 Å². The number of hydrogen-bond acceptors (Lipinski definition) is 5. The van der Waals surface area contributed by atoms with Gasteiger partial charge >= 0.3 is 0 Å². The van der Waals surface area contributed by atoms with Gasteiger partial charge in [0.05, 0.1) is 18.9 Å². The molecule has 1 saturated heterocycles. The van der Waals surface area contributed by atoms with E-state index in [9.17, 15) is 14.7 Å². The number of ketones is 1. The van der Waals surface area contributed by atoms with Crippen molar-refractivity contribution in [2.45, 2.75) is 19.4 Å². The molecule has 1 aliphatic carbocycles. The smallest absolute Gasteiger partial charge is 0.269 e. The predicted molar refractivity (Wildman–Crippen MR) is 103 cm³/mol. The van der Waals surface area contributed by atoms with Gasteiger partial charge in [-0.3, -0.25) is 9.59 Å². The van der Waals surface area contributed by atoms with Crippen molar-refractivity contribution < 1.29 is 19.4 Å². The molecule has 1 unspecified atom stereocenters. The molecule has 6 nitrogen and oxygen atoms in total. The maximum atomic E-state index is 12.9. The number of carbonyl (C=O) groups is 2. The normalized spacial score (nSPS) is 23.8. The molecule has 146 valence electrons. The molecule has 4 atom stereocenters.